The van der Waals surface area contributed by atoms with Crippen molar-refractivity contribution in [2.75, 3.05) is 13.2 Å². The maximum atomic E-state index is 10.1. The van der Waals surface area contributed by atoms with Gasteiger partial charge in [0.15, 0.2) is 0 Å². The van der Waals surface area contributed by atoms with Gasteiger partial charge in [0, 0.05) is 18.4 Å². The Morgan fingerprint density at radius 1 is 1.35 bits per heavy atom. The lowest BCUT2D eigenvalue weighted by Gasteiger charge is -2.24. The van der Waals surface area contributed by atoms with Gasteiger partial charge in [0.1, 0.15) is 11.9 Å². The van der Waals surface area contributed by atoms with Crippen LogP contribution in [-0.2, 0) is 16.1 Å². The minimum Gasteiger partial charge on any atom is -0.490 e. The first kappa shape index (κ1) is 11.8. The highest BCUT2D eigenvalue weighted by atomic mass is 16.5. The Morgan fingerprint density at radius 2 is 2.12 bits per heavy atom. The summed E-state index contributed by atoms with van der Waals surface area (Å²) in [5.41, 5.74) is 0.919. The first-order chi connectivity index (χ1) is 8.40. The van der Waals surface area contributed by atoms with Crippen LogP contribution in [0.25, 0.3) is 0 Å². The Kier molecular flexibility index (Phi) is 4.30. The van der Waals surface area contributed by atoms with Gasteiger partial charge in [-0.15, -0.1) is 0 Å². The van der Waals surface area contributed by atoms with E-state index in [9.17, 15) is 4.79 Å². The zero-order chi connectivity index (χ0) is 11.9. The summed E-state index contributed by atoms with van der Waals surface area (Å²) in [6, 6.07) is 7.65. The van der Waals surface area contributed by atoms with Crippen molar-refractivity contribution in [3.63, 3.8) is 0 Å². The number of aliphatic imine (C=N–C) groups is 1. The van der Waals surface area contributed by atoms with E-state index in [1.54, 1.807) is 6.08 Å². The van der Waals surface area contributed by atoms with E-state index < -0.39 is 0 Å². The second-order valence-electron chi connectivity index (χ2n) is 3.94. The van der Waals surface area contributed by atoms with Crippen molar-refractivity contribution in [1.82, 2.24) is 0 Å². The summed E-state index contributed by atoms with van der Waals surface area (Å²) in [5.74, 6) is 0.804. The molecule has 1 aromatic rings. The topological polar surface area (TPSA) is 47.9 Å². The van der Waals surface area contributed by atoms with E-state index in [-0.39, 0.29) is 6.10 Å². The van der Waals surface area contributed by atoms with Crippen molar-refractivity contribution in [3.8, 4) is 5.75 Å². The maximum Gasteiger partial charge on any atom is 0.235 e. The molecule has 1 heterocycles. The molecule has 1 aliphatic heterocycles. The lowest BCUT2D eigenvalue weighted by molar-refractivity contribution is 0.0252. The zero-order valence-electron chi connectivity index (χ0n) is 9.59. The van der Waals surface area contributed by atoms with Gasteiger partial charge in [-0.05, 0) is 6.07 Å². The first-order valence-corrected chi connectivity index (χ1v) is 5.76. The fourth-order valence-corrected chi connectivity index (χ4v) is 1.84. The van der Waals surface area contributed by atoms with Crippen LogP contribution in [0, 0.1) is 0 Å². The Hall–Kier alpha value is -1.64. The number of isocyanates is 1. The van der Waals surface area contributed by atoms with Crippen LogP contribution >= 0.6 is 0 Å². The second-order valence-corrected chi connectivity index (χ2v) is 3.94. The molecule has 0 aromatic heterocycles. The third kappa shape index (κ3) is 3.41. The molecule has 17 heavy (non-hydrogen) atoms. The predicted octanol–water partition coefficient (Wildman–Crippen LogP) is 2.08. The first-order valence-electron chi connectivity index (χ1n) is 5.76. The Balaban J connectivity index is 2.05. The molecule has 0 atom stereocenters. The highest BCUT2D eigenvalue weighted by molar-refractivity contribution is 5.37. The van der Waals surface area contributed by atoms with Gasteiger partial charge in [-0.1, -0.05) is 18.2 Å². The third-order valence-electron chi connectivity index (χ3n) is 2.75. The summed E-state index contributed by atoms with van der Waals surface area (Å²) in [6.45, 7) is 1.82. The number of ether oxygens (including phenoxy) is 2. The van der Waals surface area contributed by atoms with Gasteiger partial charge in [-0.3, -0.25) is 0 Å². The maximum absolute atomic E-state index is 10.1. The number of benzene rings is 1. The molecule has 0 bridgehead atoms. The van der Waals surface area contributed by atoms with Gasteiger partial charge in [0.05, 0.1) is 19.8 Å². The summed E-state index contributed by atoms with van der Waals surface area (Å²) in [6.07, 6.45) is 3.56. The molecule has 0 spiro atoms. The summed E-state index contributed by atoms with van der Waals surface area (Å²) in [7, 11) is 0. The van der Waals surface area contributed by atoms with E-state index in [0.717, 1.165) is 37.4 Å². The molecule has 0 unspecified atom stereocenters. The Labute approximate surface area is 100 Å². The number of carbonyl (C=O) groups excluding carboxylic acids is 1. The summed E-state index contributed by atoms with van der Waals surface area (Å²) in [5, 5.41) is 0. The molecule has 90 valence electrons. The highest BCUT2D eigenvalue weighted by Gasteiger charge is 2.16. The van der Waals surface area contributed by atoms with Gasteiger partial charge in [-0.2, -0.15) is 0 Å². The fourth-order valence-electron chi connectivity index (χ4n) is 1.84. The van der Waals surface area contributed by atoms with Crippen molar-refractivity contribution in [2.24, 2.45) is 4.99 Å². The molecule has 1 fully saturated rings. The average molecular weight is 233 g/mol. The van der Waals surface area contributed by atoms with Crippen molar-refractivity contribution in [2.45, 2.75) is 25.5 Å². The molecular formula is C13H15NO3. The zero-order valence-corrected chi connectivity index (χ0v) is 9.59. The SMILES string of the molecule is O=C=NCc1ccccc1OC1CCOCC1. The van der Waals surface area contributed by atoms with E-state index in [4.69, 9.17) is 9.47 Å². The van der Waals surface area contributed by atoms with Crippen LogP contribution in [0.1, 0.15) is 18.4 Å². The quantitative estimate of drug-likeness (QED) is 0.591. The number of nitrogens with zero attached hydrogens (tertiary/aromatic N) is 1. The van der Waals surface area contributed by atoms with Crippen LogP contribution in [0.3, 0.4) is 0 Å². The monoisotopic (exact) mass is 233 g/mol. The molecule has 1 aromatic carbocycles. The molecule has 0 radical (unpaired) electrons. The number of hydrogen-bond donors (Lipinski definition) is 0. The molecule has 2 rings (SSSR count). The van der Waals surface area contributed by atoms with Crippen molar-refractivity contribution >= 4 is 6.08 Å². The van der Waals surface area contributed by atoms with Crippen LogP contribution < -0.4 is 4.74 Å². The molecule has 0 aliphatic carbocycles. The molecule has 1 aliphatic rings. The third-order valence-corrected chi connectivity index (χ3v) is 2.75. The molecule has 0 N–H and O–H groups in total. The highest BCUT2D eigenvalue weighted by Crippen LogP contribution is 2.23. The van der Waals surface area contributed by atoms with Gasteiger partial charge >= 0.3 is 0 Å². The summed E-state index contributed by atoms with van der Waals surface area (Å²) in [4.78, 5) is 13.7. The van der Waals surface area contributed by atoms with Crippen LogP contribution in [0.2, 0.25) is 0 Å². The van der Waals surface area contributed by atoms with Crippen molar-refractivity contribution in [3.05, 3.63) is 29.8 Å². The van der Waals surface area contributed by atoms with Crippen LogP contribution in [0.4, 0.5) is 0 Å². The number of hydrogen-bond acceptors (Lipinski definition) is 4. The molecule has 0 amide bonds. The standard InChI is InChI=1S/C13H15NO3/c15-10-14-9-11-3-1-2-4-13(11)17-12-5-7-16-8-6-12/h1-4,12H,5-9H2. The lowest BCUT2D eigenvalue weighted by atomic mass is 10.1. The van der Waals surface area contributed by atoms with Gasteiger partial charge in [-0.25, -0.2) is 9.79 Å². The second kappa shape index (κ2) is 6.18. The minimum absolute atomic E-state index is 0.199. The minimum atomic E-state index is 0.199. The smallest absolute Gasteiger partial charge is 0.235 e. The van der Waals surface area contributed by atoms with E-state index in [0.29, 0.717) is 6.54 Å². The summed E-state index contributed by atoms with van der Waals surface area (Å²) >= 11 is 0. The number of rotatable bonds is 4. The molecule has 4 nitrogen and oxygen atoms in total. The van der Waals surface area contributed by atoms with Crippen molar-refractivity contribution in [1.29, 1.82) is 0 Å². The summed E-state index contributed by atoms with van der Waals surface area (Å²) < 4.78 is 11.2. The predicted molar refractivity (Wildman–Crippen MR) is 62.7 cm³/mol. The Morgan fingerprint density at radius 3 is 2.88 bits per heavy atom. The molecule has 1 saturated heterocycles. The molecule has 0 saturated carbocycles. The lowest BCUT2D eigenvalue weighted by Crippen LogP contribution is -2.26. The largest absolute Gasteiger partial charge is 0.490 e. The fraction of sp³-hybridized carbons (Fsp3) is 0.462. The average Bonchev–Trinajstić information content (AvgIpc) is 2.39. The van der Waals surface area contributed by atoms with E-state index in [1.807, 2.05) is 24.3 Å². The van der Waals surface area contributed by atoms with E-state index in [1.165, 1.54) is 0 Å². The Bertz CT molecular complexity index is 407. The number of para-hydroxylation sites is 1. The van der Waals surface area contributed by atoms with Crippen LogP contribution in [0.5, 0.6) is 5.75 Å². The van der Waals surface area contributed by atoms with E-state index in [2.05, 4.69) is 4.99 Å². The van der Waals surface area contributed by atoms with Gasteiger partial charge < -0.3 is 9.47 Å². The normalized spacial score (nSPS) is 16.2. The molecular weight excluding hydrogens is 218 g/mol. The van der Waals surface area contributed by atoms with Crippen LogP contribution in [0.15, 0.2) is 29.3 Å². The van der Waals surface area contributed by atoms with Crippen LogP contribution in [-0.4, -0.2) is 25.4 Å². The van der Waals surface area contributed by atoms with Gasteiger partial charge in [0.2, 0.25) is 6.08 Å². The van der Waals surface area contributed by atoms with Gasteiger partial charge in [0.25, 0.3) is 0 Å². The van der Waals surface area contributed by atoms with E-state index >= 15 is 0 Å². The van der Waals surface area contributed by atoms with Crippen molar-refractivity contribution < 1.29 is 14.3 Å². The molecule has 4 heteroatoms.